The van der Waals surface area contributed by atoms with Gasteiger partial charge in [-0.25, -0.2) is 0 Å². The quantitative estimate of drug-likeness (QED) is 0.761. The highest BCUT2D eigenvalue weighted by molar-refractivity contribution is 5.90. The number of anilines is 1. The van der Waals surface area contributed by atoms with E-state index in [9.17, 15) is 9.59 Å². The molecule has 0 atom stereocenters. The van der Waals surface area contributed by atoms with Crippen LogP contribution in [0.4, 0.5) is 5.69 Å². The Hall–Kier alpha value is -2.10. The third kappa shape index (κ3) is 4.51. The average molecular weight is 232 g/mol. The predicted octanol–water partition coefficient (Wildman–Crippen LogP) is 1.84. The molecule has 4 nitrogen and oxygen atoms in total. The Balaban J connectivity index is 2.62. The molecule has 0 heterocycles. The Kier molecular flexibility index (Phi) is 4.94. The van der Waals surface area contributed by atoms with Gasteiger partial charge in [0.05, 0.1) is 0 Å². The SMILES string of the molecule is C=CC(=O)NCc1cccc(NC(=O)CC)c1. The summed E-state index contributed by atoms with van der Waals surface area (Å²) in [5.74, 6) is -0.245. The molecule has 0 unspecified atom stereocenters. The van der Waals surface area contributed by atoms with E-state index in [1.165, 1.54) is 6.08 Å². The highest BCUT2D eigenvalue weighted by Gasteiger charge is 2.00. The van der Waals surface area contributed by atoms with Gasteiger partial charge in [0.25, 0.3) is 0 Å². The zero-order valence-corrected chi connectivity index (χ0v) is 9.82. The summed E-state index contributed by atoms with van der Waals surface area (Å²) in [5.41, 5.74) is 1.66. The maximum atomic E-state index is 11.2. The van der Waals surface area contributed by atoms with Gasteiger partial charge in [-0.1, -0.05) is 25.6 Å². The van der Waals surface area contributed by atoms with Crippen LogP contribution in [-0.2, 0) is 16.1 Å². The first-order valence-electron chi connectivity index (χ1n) is 5.44. The summed E-state index contributed by atoms with van der Waals surface area (Å²) in [7, 11) is 0. The molecule has 0 radical (unpaired) electrons. The third-order valence-electron chi connectivity index (χ3n) is 2.18. The molecule has 0 saturated carbocycles. The normalized spacial score (nSPS) is 9.47. The van der Waals surface area contributed by atoms with Gasteiger partial charge in [0, 0.05) is 18.7 Å². The molecule has 17 heavy (non-hydrogen) atoms. The largest absolute Gasteiger partial charge is 0.348 e. The van der Waals surface area contributed by atoms with Crippen molar-refractivity contribution < 1.29 is 9.59 Å². The zero-order valence-electron chi connectivity index (χ0n) is 9.82. The van der Waals surface area contributed by atoms with Gasteiger partial charge in [-0.3, -0.25) is 9.59 Å². The van der Waals surface area contributed by atoms with Crippen molar-refractivity contribution in [1.82, 2.24) is 5.32 Å². The Morgan fingerprint density at radius 3 is 2.82 bits per heavy atom. The summed E-state index contributed by atoms with van der Waals surface area (Å²) >= 11 is 0. The fourth-order valence-electron chi connectivity index (χ4n) is 1.27. The van der Waals surface area contributed by atoms with E-state index >= 15 is 0 Å². The monoisotopic (exact) mass is 232 g/mol. The number of carbonyl (C=O) groups excluding carboxylic acids is 2. The number of hydrogen-bond acceptors (Lipinski definition) is 2. The van der Waals surface area contributed by atoms with Gasteiger partial charge in [0.1, 0.15) is 0 Å². The Bertz CT molecular complexity index is 427. The minimum absolute atomic E-state index is 0.0303. The van der Waals surface area contributed by atoms with Crippen molar-refractivity contribution in [2.45, 2.75) is 19.9 Å². The summed E-state index contributed by atoms with van der Waals surface area (Å²) in [4.78, 5) is 22.2. The van der Waals surface area contributed by atoms with Crippen LogP contribution in [-0.4, -0.2) is 11.8 Å². The number of benzene rings is 1. The van der Waals surface area contributed by atoms with E-state index in [-0.39, 0.29) is 11.8 Å². The Labute approximate surface area is 101 Å². The van der Waals surface area contributed by atoms with E-state index in [0.717, 1.165) is 11.3 Å². The lowest BCUT2D eigenvalue weighted by atomic mass is 10.2. The summed E-state index contributed by atoms with van der Waals surface area (Å²) in [6, 6.07) is 7.36. The minimum atomic E-state index is -0.215. The molecule has 0 bridgehead atoms. The van der Waals surface area contributed by atoms with Crippen molar-refractivity contribution in [2.24, 2.45) is 0 Å². The summed E-state index contributed by atoms with van der Waals surface area (Å²) < 4.78 is 0. The van der Waals surface area contributed by atoms with Crippen LogP contribution in [0.2, 0.25) is 0 Å². The summed E-state index contributed by atoms with van der Waals surface area (Å²) in [6.45, 7) is 5.58. The number of carbonyl (C=O) groups is 2. The Morgan fingerprint density at radius 2 is 2.18 bits per heavy atom. The first kappa shape index (κ1) is 13.0. The molecule has 0 fully saturated rings. The zero-order chi connectivity index (χ0) is 12.7. The fraction of sp³-hybridized carbons (Fsp3) is 0.231. The average Bonchev–Trinajstić information content (AvgIpc) is 2.36. The van der Waals surface area contributed by atoms with Crippen LogP contribution >= 0.6 is 0 Å². The van der Waals surface area contributed by atoms with Gasteiger partial charge in [0.15, 0.2) is 0 Å². The van der Waals surface area contributed by atoms with E-state index < -0.39 is 0 Å². The Morgan fingerprint density at radius 1 is 1.41 bits per heavy atom. The molecule has 4 heteroatoms. The van der Waals surface area contributed by atoms with E-state index in [1.807, 2.05) is 24.3 Å². The standard InChI is InChI=1S/C13H16N2O2/c1-3-12(16)14-9-10-6-5-7-11(8-10)15-13(17)4-2/h3,5-8H,1,4,9H2,2H3,(H,14,16)(H,15,17). The number of nitrogens with one attached hydrogen (secondary N) is 2. The molecule has 0 aliphatic carbocycles. The highest BCUT2D eigenvalue weighted by Crippen LogP contribution is 2.10. The van der Waals surface area contributed by atoms with Crippen LogP contribution in [0.3, 0.4) is 0 Å². The molecular formula is C13H16N2O2. The van der Waals surface area contributed by atoms with Gasteiger partial charge >= 0.3 is 0 Å². The van der Waals surface area contributed by atoms with Crippen LogP contribution in [0.15, 0.2) is 36.9 Å². The predicted molar refractivity (Wildman–Crippen MR) is 67.4 cm³/mol. The molecular weight excluding hydrogens is 216 g/mol. The molecule has 1 rings (SSSR count). The molecule has 2 N–H and O–H groups in total. The lowest BCUT2D eigenvalue weighted by molar-refractivity contribution is -0.117. The maximum Gasteiger partial charge on any atom is 0.243 e. The fourth-order valence-corrected chi connectivity index (χ4v) is 1.27. The van der Waals surface area contributed by atoms with Crippen LogP contribution in [0.1, 0.15) is 18.9 Å². The smallest absolute Gasteiger partial charge is 0.243 e. The summed E-state index contributed by atoms with van der Waals surface area (Å²) in [6.07, 6.45) is 1.67. The van der Waals surface area contributed by atoms with E-state index in [0.29, 0.717) is 13.0 Å². The molecule has 1 aromatic carbocycles. The second kappa shape index (κ2) is 6.48. The maximum absolute atomic E-state index is 11.2. The van der Waals surface area contributed by atoms with Crippen LogP contribution in [0.5, 0.6) is 0 Å². The van der Waals surface area contributed by atoms with Gasteiger partial charge in [-0.15, -0.1) is 0 Å². The van der Waals surface area contributed by atoms with E-state index in [4.69, 9.17) is 0 Å². The highest BCUT2D eigenvalue weighted by atomic mass is 16.2. The minimum Gasteiger partial charge on any atom is -0.348 e. The number of hydrogen-bond donors (Lipinski definition) is 2. The molecule has 0 aliphatic rings. The molecule has 0 aromatic heterocycles. The van der Waals surface area contributed by atoms with Gasteiger partial charge in [0.2, 0.25) is 11.8 Å². The number of rotatable bonds is 5. The van der Waals surface area contributed by atoms with E-state index in [1.54, 1.807) is 6.92 Å². The number of amides is 2. The molecule has 0 saturated heterocycles. The first-order valence-corrected chi connectivity index (χ1v) is 5.44. The van der Waals surface area contributed by atoms with Gasteiger partial charge in [-0.05, 0) is 23.8 Å². The van der Waals surface area contributed by atoms with Crippen molar-refractivity contribution in [3.63, 3.8) is 0 Å². The van der Waals surface area contributed by atoms with Crippen molar-refractivity contribution in [3.8, 4) is 0 Å². The molecule has 90 valence electrons. The van der Waals surface area contributed by atoms with Crippen molar-refractivity contribution in [3.05, 3.63) is 42.5 Å². The summed E-state index contributed by atoms with van der Waals surface area (Å²) in [5, 5.41) is 5.44. The van der Waals surface area contributed by atoms with Gasteiger partial charge < -0.3 is 10.6 Å². The second-order valence-electron chi connectivity index (χ2n) is 3.52. The first-order chi connectivity index (χ1) is 8.15. The van der Waals surface area contributed by atoms with Crippen LogP contribution in [0.25, 0.3) is 0 Å². The molecule has 0 spiro atoms. The van der Waals surface area contributed by atoms with Crippen molar-refractivity contribution in [2.75, 3.05) is 5.32 Å². The lowest BCUT2D eigenvalue weighted by Gasteiger charge is -2.07. The van der Waals surface area contributed by atoms with Gasteiger partial charge in [-0.2, -0.15) is 0 Å². The topological polar surface area (TPSA) is 58.2 Å². The van der Waals surface area contributed by atoms with Crippen molar-refractivity contribution >= 4 is 17.5 Å². The third-order valence-corrected chi connectivity index (χ3v) is 2.18. The van der Waals surface area contributed by atoms with Crippen LogP contribution < -0.4 is 10.6 Å². The van der Waals surface area contributed by atoms with Crippen LogP contribution in [0, 0.1) is 0 Å². The lowest BCUT2D eigenvalue weighted by Crippen LogP contribution is -2.20. The molecule has 0 aliphatic heterocycles. The second-order valence-corrected chi connectivity index (χ2v) is 3.52. The van der Waals surface area contributed by atoms with E-state index in [2.05, 4.69) is 17.2 Å². The molecule has 2 amide bonds. The molecule has 1 aromatic rings. The van der Waals surface area contributed by atoms with Crippen molar-refractivity contribution in [1.29, 1.82) is 0 Å².